The van der Waals surface area contributed by atoms with Gasteiger partial charge >= 0.3 is 0 Å². The second-order valence-corrected chi connectivity index (χ2v) is 8.55. The number of carbonyl (C=O) groups excluding carboxylic acids is 2. The Morgan fingerprint density at radius 1 is 1.00 bits per heavy atom. The highest BCUT2D eigenvalue weighted by Gasteiger charge is 2.53. The Labute approximate surface area is 129 Å². The lowest BCUT2D eigenvalue weighted by molar-refractivity contribution is 0.0671. The van der Waals surface area contributed by atoms with Crippen LogP contribution in [0.4, 0.5) is 0 Å². The van der Waals surface area contributed by atoms with Crippen LogP contribution >= 0.6 is 0 Å². The fourth-order valence-electron chi connectivity index (χ4n) is 4.43. The zero-order chi connectivity index (χ0) is 15.6. The molecule has 1 saturated heterocycles. The third-order valence-corrected chi connectivity index (χ3v) is 7.38. The zero-order valence-electron chi connectivity index (χ0n) is 12.2. The van der Waals surface area contributed by atoms with Crippen molar-refractivity contribution in [3.05, 3.63) is 45.9 Å². The molecule has 0 bridgehead atoms. The molecule has 0 radical (unpaired) electrons. The van der Waals surface area contributed by atoms with Gasteiger partial charge in [-0.25, -0.2) is 8.42 Å². The number of Topliss-reactive ketones (excluding diaryl/α,β-unsaturated/α-hetero) is 2. The molecular weight excluding hydrogens is 300 g/mol. The predicted molar refractivity (Wildman–Crippen MR) is 81.3 cm³/mol. The van der Waals surface area contributed by atoms with Crippen LogP contribution in [0, 0.1) is 17.8 Å². The Bertz CT molecular complexity index is 847. The van der Waals surface area contributed by atoms with Crippen LogP contribution in [-0.2, 0) is 9.84 Å². The van der Waals surface area contributed by atoms with Crippen LogP contribution in [0.1, 0.15) is 40.5 Å². The molecule has 1 aromatic carbocycles. The summed E-state index contributed by atoms with van der Waals surface area (Å²) in [6, 6.07) is 6.90. The SMILES string of the molecule is CC1=C2C(CCS2(=O)=O)C2C(=O)c3ccccc3C(=O)C2C1. The molecule has 1 fully saturated rings. The van der Waals surface area contributed by atoms with E-state index in [1.807, 2.05) is 0 Å². The van der Waals surface area contributed by atoms with E-state index in [1.54, 1.807) is 31.2 Å². The van der Waals surface area contributed by atoms with E-state index in [0.717, 1.165) is 5.57 Å². The van der Waals surface area contributed by atoms with Crippen molar-refractivity contribution in [3.63, 3.8) is 0 Å². The van der Waals surface area contributed by atoms with Gasteiger partial charge in [0.25, 0.3) is 0 Å². The molecular formula is C17H16O4S. The lowest BCUT2D eigenvalue weighted by atomic mass is 9.63. The number of benzene rings is 1. The summed E-state index contributed by atoms with van der Waals surface area (Å²) in [5.41, 5.74) is 1.71. The minimum Gasteiger partial charge on any atom is -0.294 e. The van der Waals surface area contributed by atoms with Crippen LogP contribution in [-0.4, -0.2) is 25.7 Å². The molecule has 3 aliphatic rings. The van der Waals surface area contributed by atoms with Gasteiger partial charge < -0.3 is 0 Å². The molecule has 1 heterocycles. The fourth-order valence-corrected chi connectivity index (χ4v) is 6.55. The van der Waals surface area contributed by atoms with Gasteiger partial charge in [-0.15, -0.1) is 0 Å². The van der Waals surface area contributed by atoms with Crippen molar-refractivity contribution in [1.82, 2.24) is 0 Å². The predicted octanol–water partition coefficient (Wildman–Crippen LogP) is 2.41. The van der Waals surface area contributed by atoms with Gasteiger partial charge in [0.1, 0.15) is 0 Å². The summed E-state index contributed by atoms with van der Waals surface area (Å²) in [5, 5.41) is 0. The van der Waals surface area contributed by atoms with Crippen LogP contribution in [0.25, 0.3) is 0 Å². The molecule has 3 unspecified atom stereocenters. The third kappa shape index (κ3) is 1.66. The monoisotopic (exact) mass is 316 g/mol. The van der Waals surface area contributed by atoms with Gasteiger partial charge in [-0.05, 0) is 19.8 Å². The average Bonchev–Trinajstić information content (AvgIpc) is 2.81. The molecule has 0 spiro atoms. The molecule has 0 aromatic heterocycles. The van der Waals surface area contributed by atoms with Crippen molar-refractivity contribution in [1.29, 1.82) is 0 Å². The largest absolute Gasteiger partial charge is 0.294 e. The van der Waals surface area contributed by atoms with Crippen LogP contribution in [0.5, 0.6) is 0 Å². The van der Waals surface area contributed by atoms with Gasteiger partial charge in [-0.3, -0.25) is 9.59 Å². The highest BCUT2D eigenvalue weighted by atomic mass is 32.2. The molecule has 1 aromatic rings. The molecule has 0 amide bonds. The van der Waals surface area contributed by atoms with Gasteiger partial charge in [0.05, 0.1) is 5.75 Å². The van der Waals surface area contributed by atoms with Crippen LogP contribution in [0.3, 0.4) is 0 Å². The molecule has 5 heteroatoms. The minimum atomic E-state index is -3.25. The minimum absolute atomic E-state index is 0.0112. The fraction of sp³-hybridized carbons (Fsp3) is 0.412. The molecule has 4 nitrogen and oxygen atoms in total. The van der Waals surface area contributed by atoms with E-state index >= 15 is 0 Å². The topological polar surface area (TPSA) is 68.3 Å². The standard InChI is InChI=1S/C17H16O4S/c1-9-8-13-14(12-6-7-22(20,21)17(9)12)16(19)11-5-3-2-4-10(11)15(13)18/h2-5,12-14H,6-8H2,1H3. The summed E-state index contributed by atoms with van der Waals surface area (Å²) in [6.07, 6.45) is 0.839. The first-order valence-electron chi connectivity index (χ1n) is 7.51. The molecule has 0 saturated carbocycles. The number of ketones is 2. The number of allylic oxidation sites excluding steroid dienone is 2. The maximum Gasteiger partial charge on any atom is 0.174 e. The number of fused-ring (bicyclic) bond motifs is 4. The Balaban J connectivity index is 1.91. The molecule has 22 heavy (non-hydrogen) atoms. The molecule has 114 valence electrons. The van der Waals surface area contributed by atoms with Gasteiger partial charge in [-0.2, -0.15) is 0 Å². The van der Waals surface area contributed by atoms with Crippen molar-refractivity contribution in [2.75, 3.05) is 5.75 Å². The van der Waals surface area contributed by atoms with Gasteiger partial charge in [0.15, 0.2) is 21.4 Å². The summed E-state index contributed by atoms with van der Waals surface area (Å²) in [6.45, 7) is 1.79. The first-order valence-corrected chi connectivity index (χ1v) is 9.17. The van der Waals surface area contributed by atoms with E-state index in [1.165, 1.54) is 0 Å². The summed E-state index contributed by atoms with van der Waals surface area (Å²) in [5.74, 6) is -1.19. The maximum atomic E-state index is 12.9. The summed E-state index contributed by atoms with van der Waals surface area (Å²) in [7, 11) is -3.25. The van der Waals surface area contributed by atoms with E-state index in [2.05, 4.69) is 0 Å². The molecule has 0 N–H and O–H groups in total. The average molecular weight is 316 g/mol. The van der Waals surface area contributed by atoms with E-state index in [-0.39, 0.29) is 23.2 Å². The Hall–Kier alpha value is -1.75. The number of rotatable bonds is 0. The van der Waals surface area contributed by atoms with Crippen molar-refractivity contribution < 1.29 is 18.0 Å². The van der Waals surface area contributed by atoms with E-state index < -0.39 is 21.7 Å². The Kier molecular flexibility index (Phi) is 2.77. The van der Waals surface area contributed by atoms with Gasteiger partial charge in [-0.1, -0.05) is 29.8 Å². The van der Waals surface area contributed by atoms with E-state index in [0.29, 0.717) is 28.9 Å². The van der Waals surface area contributed by atoms with Gasteiger partial charge in [0, 0.05) is 33.8 Å². The van der Waals surface area contributed by atoms with E-state index in [9.17, 15) is 18.0 Å². The summed E-state index contributed by atoms with van der Waals surface area (Å²) >= 11 is 0. The van der Waals surface area contributed by atoms with Gasteiger partial charge in [0.2, 0.25) is 0 Å². The summed E-state index contributed by atoms with van der Waals surface area (Å²) < 4.78 is 24.5. The molecule has 1 aliphatic heterocycles. The Morgan fingerprint density at radius 3 is 2.32 bits per heavy atom. The lowest BCUT2D eigenvalue weighted by Gasteiger charge is -2.38. The second kappa shape index (κ2) is 4.38. The normalized spacial score (nSPS) is 32.5. The third-order valence-electron chi connectivity index (χ3n) is 5.28. The van der Waals surface area contributed by atoms with Crippen molar-refractivity contribution >= 4 is 21.4 Å². The lowest BCUT2D eigenvalue weighted by Crippen LogP contribution is -2.43. The van der Waals surface area contributed by atoms with Crippen molar-refractivity contribution in [2.45, 2.75) is 19.8 Å². The van der Waals surface area contributed by atoms with Crippen LogP contribution in [0.2, 0.25) is 0 Å². The van der Waals surface area contributed by atoms with E-state index in [4.69, 9.17) is 0 Å². The highest BCUT2D eigenvalue weighted by molar-refractivity contribution is 7.95. The highest BCUT2D eigenvalue weighted by Crippen LogP contribution is 2.51. The first kappa shape index (κ1) is 13.9. The summed E-state index contributed by atoms with van der Waals surface area (Å²) in [4.78, 5) is 26.1. The van der Waals surface area contributed by atoms with Crippen molar-refractivity contribution in [2.24, 2.45) is 17.8 Å². The number of hydrogen-bond donors (Lipinski definition) is 0. The van der Waals surface area contributed by atoms with Crippen LogP contribution < -0.4 is 0 Å². The maximum absolute atomic E-state index is 12.9. The van der Waals surface area contributed by atoms with Crippen LogP contribution in [0.15, 0.2) is 34.7 Å². The van der Waals surface area contributed by atoms with Crippen molar-refractivity contribution in [3.8, 4) is 0 Å². The molecule has 2 aliphatic carbocycles. The smallest absolute Gasteiger partial charge is 0.174 e. The Morgan fingerprint density at radius 2 is 1.64 bits per heavy atom. The number of sulfone groups is 1. The number of hydrogen-bond acceptors (Lipinski definition) is 4. The first-order chi connectivity index (χ1) is 10.4. The number of carbonyl (C=O) groups is 2. The quantitative estimate of drug-likeness (QED) is 0.737. The molecule has 4 rings (SSSR count). The molecule has 3 atom stereocenters. The zero-order valence-corrected chi connectivity index (χ0v) is 13.0. The second-order valence-electron chi connectivity index (χ2n) is 6.47.